The van der Waals surface area contributed by atoms with Crippen molar-refractivity contribution in [2.24, 2.45) is 0 Å². The van der Waals surface area contributed by atoms with E-state index in [9.17, 15) is 17.6 Å². The first kappa shape index (κ1) is 21.5. The summed E-state index contributed by atoms with van der Waals surface area (Å²) in [7, 11) is 0.505. The number of amides is 1. The Balaban J connectivity index is 2.01. The summed E-state index contributed by atoms with van der Waals surface area (Å²) >= 11 is 0. The van der Waals surface area contributed by atoms with Crippen LogP contribution in [0, 0.1) is 12.7 Å². The zero-order valence-electron chi connectivity index (χ0n) is 16.8. The molecule has 2 aromatic carbocycles. The Kier molecular flexibility index (Phi) is 5.90. The average molecular weight is 433 g/mol. The van der Waals surface area contributed by atoms with Gasteiger partial charge in [-0.05, 0) is 49.4 Å². The molecule has 8 nitrogen and oxygen atoms in total. The highest BCUT2D eigenvalue weighted by Gasteiger charge is 2.24. The van der Waals surface area contributed by atoms with Crippen LogP contribution in [0.5, 0.6) is 5.75 Å². The molecule has 3 aromatic rings. The number of carbonyl (C=O) groups is 1. The Bertz CT molecular complexity index is 1190. The lowest BCUT2D eigenvalue weighted by molar-refractivity contribution is 0.102. The number of hydrogen-bond donors (Lipinski definition) is 1. The molecule has 1 aromatic heterocycles. The Morgan fingerprint density at radius 1 is 1.17 bits per heavy atom. The van der Waals surface area contributed by atoms with Gasteiger partial charge in [0.25, 0.3) is 5.91 Å². The molecule has 30 heavy (non-hydrogen) atoms. The number of aromatic nitrogens is 1. The molecule has 0 saturated heterocycles. The van der Waals surface area contributed by atoms with E-state index < -0.39 is 21.7 Å². The van der Waals surface area contributed by atoms with Gasteiger partial charge in [-0.1, -0.05) is 5.16 Å². The van der Waals surface area contributed by atoms with Crippen molar-refractivity contribution in [1.29, 1.82) is 0 Å². The number of methoxy groups -OCH3 is 1. The van der Waals surface area contributed by atoms with Crippen molar-refractivity contribution >= 4 is 21.6 Å². The monoisotopic (exact) mass is 433 g/mol. The van der Waals surface area contributed by atoms with Gasteiger partial charge in [0, 0.05) is 19.7 Å². The van der Waals surface area contributed by atoms with Gasteiger partial charge in [-0.2, -0.15) is 0 Å². The number of nitrogens with zero attached hydrogens (tertiary/aromatic N) is 2. The number of ether oxygens (including phenoxy) is 1. The maximum absolute atomic E-state index is 13.2. The summed E-state index contributed by atoms with van der Waals surface area (Å²) in [6, 6.07) is 9.61. The summed E-state index contributed by atoms with van der Waals surface area (Å²) in [5, 5.41) is 6.57. The molecular weight excluding hydrogens is 413 g/mol. The Morgan fingerprint density at radius 2 is 1.83 bits per heavy atom. The smallest absolute Gasteiger partial charge is 0.261 e. The van der Waals surface area contributed by atoms with E-state index >= 15 is 0 Å². The number of carbonyl (C=O) groups excluding carboxylic acids is 1. The number of sulfonamides is 1. The minimum absolute atomic E-state index is 0.00982. The van der Waals surface area contributed by atoms with E-state index in [4.69, 9.17) is 9.26 Å². The lowest BCUT2D eigenvalue weighted by atomic mass is 10.1. The van der Waals surface area contributed by atoms with Crippen LogP contribution in [-0.2, 0) is 10.0 Å². The number of rotatable bonds is 6. The first-order chi connectivity index (χ1) is 14.1. The van der Waals surface area contributed by atoms with Crippen LogP contribution in [0.2, 0.25) is 0 Å². The number of hydrogen-bond acceptors (Lipinski definition) is 6. The minimum Gasteiger partial charge on any atom is -0.495 e. The van der Waals surface area contributed by atoms with Gasteiger partial charge in [0.1, 0.15) is 28.6 Å². The third-order valence-electron chi connectivity index (χ3n) is 4.41. The lowest BCUT2D eigenvalue weighted by Crippen LogP contribution is -2.22. The third kappa shape index (κ3) is 4.05. The van der Waals surface area contributed by atoms with Crippen LogP contribution in [0.15, 0.2) is 51.9 Å². The fourth-order valence-electron chi connectivity index (χ4n) is 2.79. The molecule has 0 saturated carbocycles. The summed E-state index contributed by atoms with van der Waals surface area (Å²) in [4.78, 5) is 13.0. The number of benzene rings is 2. The SMILES string of the molecule is COc1ccc(S(=O)(=O)N(C)C)cc1NC(=O)c1c(-c2ccc(F)cc2)noc1C. The molecule has 158 valence electrons. The van der Waals surface area contributed by atoms with Crippen LogP contribution in [0.25, 0.3) is 11.3 Å². The lowest BCUT2D eigenvalue weighted by Gasteiger charge is -2.15. The van der Waals surface area contributed by atoms with E-state index in [1.54, 1.807) is 6.92 Å². The van der Waals surface area contributed by atoms with Crippen molar-refractivity contribution in [3.63, 3.8) is 0 Å². The molecule has 0 aliphatic carbocycles. The van der Waals surface area contributed by atoms with E-state index in [0.29, 0.717) is 5.56 Å². The second kappa shape index (κ2) is 8.25. The Hall–Kier alpha value is -3.24. The van der Waals surface area contributed by atoms with Crippen LogP contribution in [-0.4, -0.2) is 45.0 Å². The number of halogens is 1. The number of aryl methyl sites for hydroxylation is 1. The zero-order valence-corrected chi connectivity index (χ0v) is 17.6. The first-order valence-electron chi connectivity index (χ1n) is 8.79. The maximum Gasteiger partial charge on any atom is 0.261 e. The van der Waals surface area contributed by atoms with Crippen molar-refractivity contribution in [1.82, 2.24) is 9.46 Å². The van der Waals surface area contributed by atoms with Gasteiger partial charge < -0.3 is 14.6 Å². The summed E-state index contributed by atoms with van der Waals surface area (Å²) in [5.74, 6) is -0.472. The molecule has 0 bridgehead atoms. The maximum atomic E-state index is 13.2. The summed E-state index contributed by atoms with van der Waals surface area (Å²) in [5.41, 5.74) is 1.04. The van der Waals surface area contributed by atoms with E-state index in [-0.39, 0.29) is 33.4 Å². The predicted octanol–water partition coefficient (Wildman–Crippen LogP) is 3.30. The minimum atomic E-state index is -3.72. The molecule has 3 rings (SSSR count). The van der Waals surface area contributed by atoms with E-state index in [0.717, 1.165) is 4.31 Å². The fourth-order valence-corrected chi connectivity index (χ4v) is 3.71. The normalized spacial score (nSPS) is 11.5. The van der Waals surface area contributed by atoms with Crippen molar-refractivity contribution in [2.75, 3.05) is 26.5 Å². The molecule has 0 aliphatic rings. The molecule has 10 heteroatoms. The quantitative estimate of drug-likeness (QED) is 0.640. The molecule has 1 N–H and O–H groups in total. The molecule has 0 radical (unpaired) electrons. The van der Waals surface area contributed by atoms with Crippen LogP contribution in [0.4, 0.5) is 10.1 Å². The molecule has 0 fully saturated rings. The Labute approximate surface area is 173 Å². The van der Waals surface area contributed by atoms with Gasteiger partial charge in [-0.25, -0.2) is 17.1 Å². The molecular formula is C20H20FN3O5S. The van der Waals surface area contributed by atoms with E-state index in [1.165, 1.54) is 63.7 Å². The standard InChI is InChI=1S/C20H20FN3O5S/c1-12-18(19(23-29-12)13-5-7-14(21)8-6-13)20(25)22-16-11-15(9-10-17(16)28-4)30(26,27)24(2)3/h5-11H,1-4H3,(H,22,25). The van der Waals surface area contributed by atoms with Crippen molar-refractivity contribution in [3.05, 3.63) is 59.6 Å². The largest absolute Gasteiger partial charge is 0.495 e. The van der Waals surface area contributed by atoms with Crippen molar-refractivity contribution < 1.29 is 26.9 Å². The van der Waals surface area contributed by atoms with Gasteiger partial charge in [0.2, 0.25) is 10.0 Å². The highest BCUT2D eigenvalue weighted by molar-refractivity contribution is 7.89. The van der Waals surface area contributed by atoms with Gasteiger partial charge in [0.15, 0.2) is 0 Å². The van der Waals surface area contributed by atoms with Gasteiger partial charge >= 0.3 is 0 Å². The van der Waals surface area contributed by atoms with E-state index in [1.807, 2.05) is 0 Å². The topological polar surface area (TPSA) is 102 Å². The number of nitrogens with one attached hydrogen (secondary N) is 1. The second-order valence-corrected chi connectivity index (χ2v) is 8.72. The average Bonchev–Trinajstić information content (AvgIpc) is 3.09. The highest BCUT2D eigenvalue weighted by Crippen LogP contribution is 2.31. The van der Waals surface area contributed by atoms with Crippen LogP contribution >= 0.6 is 0 Å². The fraction of sp³-hybridized carbons (Fsp3) is 0.200. The summed E-state index contributed by atoms with van der Waals surface area (Å²) in [6.07, 6.45) is 0. The second-order valence-electron chi connectivity index (χ2n) is 6.57. The van der Waals surface area contributed by atoms with Crippen LogP contribution < -0.4 is 10.1 Å². The highest BCUT2D eigenvalue weighted by atomic mass is 32.2. The van der Waals surface area contributed by atoms with Crippen molar-refractivity contribution in [3.8, 4) is 17.0 Å². The molecule has 1 heterocycles. The van der Waals surface area contributed by atoms with Crippen LogP contribution in [0.3, 0.4) is 0 Å². The Morgan fingerprint density at radius 3 is 2.43 bits per heavy atom. The zero-order chi connectivity index (χ0) is 22.1. The molecule has 0 aliphatic heterocycles. The molecule has 1 amide bonds. The molecule has 0 atom stereocenters. The van der Waals surface area contributed by atoms with E-state index in [2.05, 4.69) is 10.5 Å². The first-order valence-corrected chi connectivity index (χ1v) is 10.2. The van der Waals surface area contributed by atoms with Gasteiger partial charge in [-0.15, -0.1) is 0 Å². The summed E-state index contributed by atoms with van der Waals surface area (Å²) < 4.78 is 49.6. The molecule has 0 spiro atoms. The van der Waals surface area contributed by atoms with Gasteiger partial charge in [-0.3, -0.25) is 4.79 Å². The third-order valence-corrected chi connectivity index (χ3v) is 6.22. The number of anilines is 1. The predicted molar refractivity (Wildman–Crippen MR) is 108 cm³/mol. The van der Waals surface area contributed by atoms with Crippen molar-refractivity contribution in [2.45, 2.75) is 11.8 Å². The molecule has 0 unspecified atom stereocenters. The summed E-state index contributed by atoms with van der Waals surface area (Å²) in [6.45, 7) is 1.57. The van der Waals surface area contributed by atoms with Gasteiger partial charge in [0.05, 0.1) is 17.7 Å². The van der Waals surface area contributed by atoms with Crippen LogP contribution in [0.1, 0.15) is 16.1 Å².